The van der Waals surface area contributed by atoms with Crippen molar-refractivity contribution in [3.8, 4) is 5.75 Å². The summed E-state index contributed by atoms with van der Waals surface area (Å²) in [5.74, 6) is 0.706. The summed E-state index contributed by atoms with van der Waals surface area (Å²) in [5.41, 5.74) is 2.14. The number of amides is 1. The Hall–Kier alpha value is -1.52. The van der Waals surface area contributed by atoms with Crippen molar-refractivity contribution >= 4 is 39.1 Å². The molecule has 1 N–H and O–H groups in total. The summed E-state index contributed by atoms with van der Waals surface area (Å²) in [4.78, 5) is 12.3. The van der Waals surface area contributed by atoms with Crippen molar-refractivity contribution in [2.24, 2.45) is 0 Å². The van der Waals surface area contributed by atoms with Gasteiger partial charge in [-0.05, 0) is 35.9 Å². The van der Waals surface area contributed by atoms with Gasteiger partial charge in [0.1, 0.15) is 5.75 Å². The first-order valence-corrected chi connectivity index (χ1v) is 7.26. The Balaban J connectivity index is 2.23. The number of hydrogen-bond acceptors (Lipinski definition) is 2. The SMILES string of the molecule is COc1cc(Br)ccc1C(=O)Nc1cccc(CCl)c1. The van der Waals surface area contributed by atoms with Crippen molar-refractivity contribution in [1.29, 1.82) is 0 Å². The number of halogens is 2. The van der Waals surface area contributed by atoms with Crippen LogP contribution in [0.4, 0.5) is 5.69 Å². The molecule has 20 heavy (non-hydrogen) atoms. The molecule has 2 rings (SSSR count). The van der Waals surface area contributed by atoms with Gasteiger partial charge in [0.05, 0.1) is 12.7 Å². The number of rotatable bonds is 4. The Morgan fingerprint density at radius 1 is 1.30 bits per heavy atom. The summed E-state index contributed by atoms with van der Waals surface area (Å²) in [6.45, 7) is 0. The normalized spacial score (nSPS) is 10.2. The van der Waals surface area contributed by atoms with Crippen LogP contribution in [0.25, 0.3) is 0 Å². The first-order valence-electron chi connectivity index (χ1n) is 5.94. The van der Waals surface area contributed by atoms with Crippen LogP contribution in [0.15, 0.2) is 46.9 Å². The number of anilines is 1. The van der Waals surface area contributed by atoms with Crippen LogP contribution in [0.3, 0.4) is 0 Å². The number of benzene rings is 2. The monoisotopic (exact) mass is 353 g/mol. The third kappa shape index (κ3) is 3.52. The van der Waals surface area contributed by atoms with E-state index in [-0.39, 0.29) is 5.91 Å². The Morgan fingerprint density at radius 2 is 2.10 bits per heavy atom. The Bertz CT molecular complexity index is 631. The summed E-state index contributed by atoms with van der Waals surface area (Å²) in [7, 11) is 1.53. The van der Waals surface area contributed by atoms with Gasteiger partial charge in [0.2, 0.25) is 0 Å². The van der Waals surface area contributed by atoms with E-state index in [9.17, 15) is 4.79 Å². The minimum atomic E-state index is -0.221. The highest BCUT2D eigenvalue weighted by Crippen LogP contribution is 2.24. The molecular formula is C15H13BrClNO2. The van der Waals surface area contributed by atoms with E-state index in [2.05, 4.69) is 21.2 Å². The number of carbonyl (C=O) groups excluding carboxylic acids is 1. The number of nitrogens with one attached hydrogen (secondary N) is 1. The molecule has 0 heterocycles. The molecule has 0 spiro atoms. The van der Waals surface area contributed by atoms with E-state index in [4.69, 9.17) is 16.3 Å². The molecular weight excluding hydrogens is 342 g/mol. The second-order valence-corrected chi connectivity index (χ2v) is 5.32. The quantitative estimate of drug-likeness (QED) is 0.824. The molecule has 0 bridgehead atoms. The predicted octanol–water partition coefficient (Wildman–Crippen LogP) is 4.45. The highest BCUT2D eigenvalue weighted by Gasteiger charge is 2.12. The number of carbonyl (C=O) groups is 1. The Morgan fingerprint density at radius 3 is 2.80 bits per heavy atom. The molecule has 0 aliphatic heterocycles. The van der Waals surface area contributed by atoms with Crippen molar-refractivity contribution in [3.63, 3.8) is 0 Å². The maximum absolute atomic E-state index is 12.3. The van der Waals surface area contributed by atoms with Crippen molar-refractivity contribution in [2.45, 2.75) is 5.88 Å². The zero-order valence-corrected chi connectivity index (χ0v) is 13.2. The zero-order valence-electron chi connectivity index (χ0n) is 10.8. The first-order chi connectivity index (χ1) is 9.63. The number of alkyl halides is 1. The topological polar surface area (TPSA) is 38.3 Å². The molecule has 104 valence electrons. The maximum Gasteiger partial charge on any atom is 0.259 e. The predicted molar refractivity (Wildman–Crippen MR) is 84.6 cm³/mol. The van der Waals surface area contributed by atoms with Crippen LogP contribution < -0.4 is 10.1 Å². The van der Waals surface area contributed by atoms with Crippen LogP contribution in [0.1, 0.15) is 15.9 Å². The molecule has 5 heteroatoms. The molecule has 0 unspecified atom stereocenters. The van der Waals surface area contributed by atoms with E-state index < -0.39 is 0 Å². The minimum absolute atomic E-state index is 0.221. The van der Waals surface area contributed by atoms with E-state index in [1.807, 2.05) is 24.3 Å². The summed E-state index contributed by atoms with van der Waals surface area (Å²) < 4.78 is 6.07. The van der Waals surface area contributed by atoms with Crippen molar-refractivity contribution in [3.05, 3.63) is 58.1 Å². The van der Waals surface area contributed by atoms with E-state index >= 15 is 0 Å². The molecule has 3 nitrogen and oxygen atoms in total. The molecule has 1 amide bonds. The minimum Gasteiger partial charge on any atom is -0.496 e. The van der Waals surface area contributed by atoms with Gasteiger partial charge < -0.3 is 10.1 Å². The van der Waals surface area contributed by atoms with E-state index in [0.717, 1.165) is 10.0 Å². The van der Waals surface area contributed by atoms with Crippen LogP contribution >= 0.6 is 27.5 Å². The number of ether oxygens (including phenoxy) is 1. The van der Waals surface area contributed by atoms with Crippen LogP contribution in [-0.2, 0) is 5.88 Å². The third-order valence-corrected chi connectivity index (χ3v) is 3.55. The van der Waals surface area contributed by atoms with Gasteiger partial charge in [-0.15, -0.1) is 11.6 Å². The second kappa shape index (κ2) is 6.77. The fourth-order valence-electron chi connectivity index (χ4n) is 1.78. The largest absolute Gasteiger partial charge is 0.496 e. The van der Waals surface area contributed by atoms with E-state index in [1.165, 1.54) is 7.11 Å². The molecule has 2 aromatic rings. The molecule has 0 aliphatic rings. The molecule has 2 aromatic carbocycles. The van der Waals surface area contributed by atoms with Gasteiger partial charge >= 0.3 is 0 Å². The molecule has 0 aromatic heterocycles. The Labute approximate surface area is 131 Å². The summed E-state index contributed by atoms with van der Waals surface area (Å²) in [6.07, 6.45) is 0. The lowest BCUT2D eigenvalue weighted by molar-refractivity contribution is 0.102. The summed E-state index contributed by atoms with van der Waals surface area (Å²) in [6, 6.07) is 12.7. The fourth-order valence-corrected chi connectivity index (χ4v) is 2.29. The summed E-state index contributed by atoms with van der Waals surface area (Å²) >= 11 is 9.13. The lowest BCUT2D eigenvalue weighted by Crippen LogP contribution is -2.13. The maximum atomic E-state index is 12.3. The van der Waals surface area contributed by atoms with Gasteiger partial charge in [-0.1, -0.05) is 28.1 Å². The van der Waals surface area contributed by atoms with Gasteiger partial charge in [-0.2, -0.15) is 0 Å². The highest BCUT2D eigenvalue weighted by molar-refractivity contribution is 9.10. The van der Waals surface area contributed by atoms with Gasteiger partial charge in [-0.25, -0.2) is 0 Å². The lowest BCUT2D eigenvalue weighted by atomic mass is 10.1. The van der Waals surface area contributed by atoms with Gasteiger partial charge in [0.25, 0.3) is 5.91 Å². The number of hydrogen-bond donors (Lipinski definition) is 1. The summed E-state index contributed by atoms with van der Waals surface area (Å²) in [5, 5.41) is 2.83. The van der Waals surface area contributed by atoms with Crippen molar-refractivity contribution < 1.29 is 9.53 Å². The van der Waals surface area contributed by atoms with E-state index in [1.54, 1.807) is 18.2 Å². The fraction of sp³-hybridized carbons (Fsp3) is 0.133. The second-order valence-electron chi connectivity index (χ2n) is 4.13. The van der Waals surface area contributed by atoms with Crippen molar-refractivity contribution in [1.82, 2.24) is 0 Å². The van der Waals surface area contributed by atoms with E-state index in [0.29, 0.717) is 22.9 Å². The van der Waals surface area contributed by atoms with Gasteiger partial charge in [-0.3, -0.25) is 4.79 Å². The molecule has 0 saturated heterocycles. The molecule has 0 atom stereocenters. The van der Waals surface area contributed by atoms with Crippen LogP contribution in [-0.4, -0.2) is 13.0 Å². The molecule has 0 fully saturated rings. The highest BCUT2D eigenvalue weighted by atomic mass is 79.9. The standard InChI is InChI=1S/C15H13BrClNO2/c1-20-14-8-11(16)5-6-13(14)15(19)18-12-4-2-3-10(7-12)9-17/h2-8H,9H2,1H3,(H,18,19). The van der Waals surface area contributed by atoms with Gasteiger partial charge in [0.15, 0.2) is 0 Å². The van der Waals surface area contributed by atoms with Crippen molar-refractivity contribution in [2.75, 3.05) is 12.4 Å². The third-order valence-electron chi connectivity index (χ3n) is 2.75. The molecule has 0 saturated carbocycles. The first kappa shape index (κ1) is 14.9. The van der Waals surface area contributed by atoms with Gasteiger partial charge in [0, 0.05) is 16.0 Å². The zero-order chi connectivity index (χ0) is 14.5. The lowest BCUT2D eigenvalue weighted by Gasteiger charge is -2.10. The average molecular weight is 355 g/mol. The molecule has 0 aliphatic carbocycles. The number of methoxy groups -OCH3 is 1. The van der Waals surface area contributed by atoms with Crippen LogP contribution in [0.5, 0.6) is 5.75 Å². The Kier molecular flexibility index (Phi) is 5.04. The smallest absolute Gasteiger partial charge is 0.259 e. The molecule has 0 radical (unpaired) electrons. The van der Waals surface area contributed by atoms with Crippen LogP contribution in [0.2, 0.25) is 0 Å². The van der Waals surface area contributed by atoms with Crippen LogP contribution in [0, 0.1) is 0 Å². The average Bonchev–Trinajstić information content (AvgIpc) is 2.47.